The Bertz CT molecular complexity index is 843. The number of carboxylic acids is 1. The molecule has 13 heteroatoms. The summed E-state index contributed by atoms with van der Waals surface area (Å²) in [7, 11) is 0. The van der Waals surface area contributed by atoms with Crippen molar-refractivity contribution in [2.75, 3.05) is 29.8 Å². The van der Waals surface area contributed by atoms with Crippen LogP contribution in [0.5, 0.6) is 5.75 Å². The molecule has 0 aromatic heterocycles. The standard InChI is InChI=1S/C22H34N4O6S3/c1-34-9-7-16(24-19(28)15(23)11-13-3-5-14(27)6-4-13)20(29)26-18(12-33)21(30)25-17(22(31)32)8-10-35-2/h3-6,15-18,27,33H,7-12,23H2,1-2H3,(H,24,28)(H,25,30)(H,26,29)(H,31,32). The Hall–Kier alpha value is -2.09. The second kappa shape index (κ2) is 16.6. The van der Waals surface area contributed by atoms with E-state index in [0.29, 0.717) is 17.9 Å². The molecule has 1 aromatic carbocycles. The van der Waals surface area contributed by atoms with Gasteiger partial charge < -0.3 is 31.9 Å². The largest absolute Gasteiger partial charge is 0.508 e. The van der Waals surface area contributed by atoms with E-state index in [0.717, 1.165) is 5.56 Å². The van der Waals surface area contributed by atoms with Crippen LogP contribution >= 0.6 is 36.2 Å². The van der Waals surface area contributed by atoms with E-state index in [1.165, 1.54) is 35.7 Å². The Morgan fingerprint density at radius 2 is 1.37 bits per heavy atom. The number of thioether (sulfide) groups is 2. The van der Waals surface area contributed by atoms with Gasteiger partial charge in [-0.15, -0.1) is 0 Å². The first-order valence-corrected chi connectivity index (χ1v) is 14.3. The number of thiol groups is 1. The van der Waals surface area contributed by atoms with Gasteiger partial charge in [0.1, 0.15) is 23.9 Å². The van der Waals surface area contributed by atoms with Crippen LogP contribution in [-0.2, 0) is 25.6 Å². The molecule has 4 atom stereocenters. The summed E-state index contributed by atoms with van der Waals surface area (Å²) in [6.45, 7) is 0. The van der Waals surface area contributed by atoms with Crippen LogP contribution in [0.4, 0.5) is 0 Å². The topological polar surface area (TPSA) is 171 Å². The Labute approximate surface area is 219 Å². The average Bonchev–Trinajstić information content (AvgIpc) is 2.83. The molecular weight excluding hydrogens is 512 g/mol. The molecule has 196 valence electrons. The molecule has 0 aliphatic heterocycles. The van der Waals surface area contributed by atoms with Crippen LogP contribution in [0.1, 0.15) is 18.4 Å². The molecule has 0 aliphatic carbocycles. The van der Waals surface area contributed by atoms with Gasteiger partial charge in [-0.3, -0.25) is 14.4 Å². The fraction of sp³-hybridized carbons (Fsp3) is 0.545. The Morgan fingerprint density at radius 3 is 1.89 bits per heavy atom. The molecule has 4 unspecified atom stereocenters. The lowest BCUT2D eigenvalue weighted by molar-refractivity contribution is -0.142. The summed E-state index contributed by atoms with van der Waals surface area (Å²) >= 11 is 7.07. The number of carbonyl (C=O) groups excluding carboxylic acids is 3. The third-order valence-electron chi connectivity index (χ3n) is 5.01. The van der Waals surface area contributed by atoms with Gasteiger partial charge in [0.25, 0.3) is 0 Å². The van der Waals surface area contributed by atoms with Crippen LogP contribution in [0, 0.1) is 0 Å². The highest BCUT2D eigenvalue weighted by atomic mass is 32.2. The van der Waals surface area contributed by atoms with Gasteiger partial charge in [0, 0.05) is 5.75 Å². The molecule has 0 aliphatic rings. The SMILES string of the molecule is CSCCC(NC(=O)C(CS)NC(=O)C(CCSC)NC(=O)C(N)Cc1ccc(O)cc1)C(=O)O. The number of phenolic OH excluding ortho intramolecular Hbond substituents is 1. The number of amides is 3. The maximum Gasteiger partial charge on any atom is 0.326 e. The maximum absolute atomic E-state index is 12.9. The van der Waals surface area contributed by atoms with Crippen LogP contribution in [-0.4, -0.2) is 87.8 Å². The van der Waals surface area contributed by atoms with Gasteiger partial charge in [-0.1, -0.05) is 12.1 Å². The molecule has 1 aromatic rings. The molecule has 0 heterocycles. The van der Waals surface area contributed by atoms with E-state index in [2.05, 4.69) is 28.6 Å². The van der Waals surface area contributed by atoms with Crippen LogP contribution in [0.15, 0.2) is 24.3 Å². The zero-order chi connectivity index (χ0) is 26.4. The molecule has 7 N–H and O–H groups in total. The molecule has 35 heavy (non-hydrogen) atoms. The van der Waals surface area contributed by atoms with Crippen molar-refractivity contribution in [2.45, 2.75) is 43.4 Å². The van der Waals surface area contributed by atoms with Crippen LogP contribution in [0.3, 0.4) is 0 Å². The molecule has 0 fully saturated rings. The van der Waals surface area contributed by atoms with Crippen LogP contribution < -0.4 is 21.7 Å². The van der Waals surface area contributed by atoms with Crippen LogP contribution in [0.25, 0.3) is 0 Å². The van der Waals surface area contributed by atoms with E-state index in [4.69, 9.17) is 5.73 Å². The third-order valence-corrected chi connectivity index (χ3v) is 6.67. The number of nitrogens with one attached hydrogen (secondary N) is 3. The number of nitrogens with two attached hydrogens (primary N) is 1. The minimum absolute atomic E-state index is 0.0595. The van der Waals surface area contributed by atoms with Crippen molar-refractivity contribution < 1.29 is 29.4 Å². The van der Waals surface area contributed by atoms with E-state index in [-0.39, 0.29) is 24.3 Å². The first kappa shape index (κ1) is 30.9. The summed E-state index contributed by atoms with van der Waals surface area (Å²) in [5, 5.41) is 26.4. The summed E-state index contributed by atoms with van der Waals surface area (Å²) in [5.74, 6) is -1.80. The number of hydrogen-bond acceptors (Lipinski definition) is 9. The quantitative estimate of drug-likeness (QED) is 0.143. The number of aliphatic carboxylic acids is 1. The van der Waals surface area contributed by atoms with Crippen molar-refractivity contribution in [2.24, 2.45) is 5.73 Å². The summed E-state index contributed by atoms with van der Waals surface area (Å²) in [6, 6.07) is 2.25. The highest BCUT2D eigenvalue weighted by Gasteiger charge is 2.29. The molecular formula is C22H34N4O6S3. The molecule has 10 nitrogen and oxygen atoms in total. The van der Waals surface area contributed by atoms with Gasteiger partial charge in [0.2, 0.25) is 17.7 Å². The monoisotopic (exact) mass is 546 g/mol. The zero-order valence-electron chi connectivity index (χ0n) is 19.7. The van der Waals surface area contributed by atoms with E-state index >= 15 is 0 Å². The molecule has 3 amide bonds. The number of carboxylic acid groups (broad SMARTS) is 1. The molecule has 0 radical (unpaired) electrons. The van der Waals surface area contributed by atoms with Gasteiger partial charge in [-0.2, -0.15) is 36.2 Å². The molecule has 0 bridgehead atoms. The van der Waals surface area contributed by atoms with Crippen molar-refractivity contribution in [3.63, 3.8) is 0 Å². The minimum Gasteiger partial charge on any atom is -0.508 e. The number of aromatic hydroxyl groups is 1. The lowest BCUT2D eigenvalue weighted by atomic mass is 10.0. The predicted molar refractivity (Wildman–Crippen MR) is 143 cm³/mol. The summed E-state index contributed by atoms with van der Waals surface area (Å²) in [5.41, 5.74) is 6.77. The normalized spacial score (nSPS) is 14.3. The second-order valence-corrected chi connectivity index (χ2v) is 10.1. The number of hydrogen-bond donors (Lipinski definition) is 7. The number of carbonyl (C=O) groups is 4. The van der Waals surface area contributed by atoms with Crippen molar-refractivity contribution in [3.8, 4) is 5.75 Å². The summed E-state index contributed by atoms with van der Waals surface area (Å²) < 4.78 is 0. The lowest BCUT2D eigenvalue weighted by Gasteiger charge is -2.24. The van der Waals surface area contributed by atoms with Gasteiger partial charge >= 0.3 is 5.97 Å². The predicted octanol–water partition coefficient (Wildman–Crippen LogP) is 0.237. The summed E-state index contributed by atoms with van der Waals surface area (Å²) in [4.78, 5) is 49.6. The lowest BCUT2D eigenvalue weighted by Crippen LogP contribution is -2.58. The van der Waals surface area contributed by atoms with Crippen LogP contribution in [0.2, 0.25) is 0 Å². The first-order chi connectivity index (χ1) is 16.6. The van der Waals surface area contributed by atoms with Gasteiger partial charge in [0.15, 0.2) is 0 Å². The van der Waals surface area contributed by atoms with E-state index in [9.17, 15) is 29.4 Å². The number of phenols is 1. The maximum atomic E-state index is 12.9. The van der Waals surface area contributed by atoms with Gasteiger partial charge in [-0.05, 0) is 61.0 Å². The Balaban J connectivity index is 2.81. The fourth-order valence-corrected chi connectivity index (χ4v) is 4.19. The van der Waals surface area contributed by atoms with Crippen molar-refractivity contribution in [1.29, 1.82) is 0 Å². The average molecular weight is 547 g/mol. The zero-order valence-corrected chi connectivity index (χ0v) is 22.3. The highest BCUT2D eigenvalue weighted by Crippen LogP contribution is 2.11. The van der Waals surface area contributed by atoms with Gasteiger partial charge in [0.05, 0.1) is 6.04 Å². The Morgan fingerprint density at radius 1 is 0.886 bits per heavy atom. The third kappa shape index (κ3) is 11.5. The minimum atomic E-state index is -1.16. The second-order valence-electron chi connectivity index (χ2n) is 7.74. The fourth-order valence-electron chi connectivity index (χ4n) is 2.99. The molecule has 1 rings (SSSR count). The smallest absolute Gasteiger partial charge is 0.326 e. The molecule has 0 saturated heterocycles. The first-order valence-electron chi connectivity index (χ1n) is 10.9. The number of benzene rings is 1. The van der Waals surface area contributed by atoms with Crippen molar-refractivity contribution in [1.82, 2.24) is 16.0 Å². The van der Waals surface area contributed by atoms with Crippen molar-refractivity contribution in [3.05, 3.63) is 29.8 Å². The van der Waals surface area contributed by atoms with E-state index in [1.54, 1.807) is 12.1 Å². The number of rotatable bonds is 16. The highest BCUT2D eigenvalue weighted by molar-refractivity contribution is 7.98. The summed E-state index contributed by atoms with van der Waals surface area (Å²) in [6.07, 6.45) is 4.43. The molecule has 0 spiro atoms. The Kier molecular flexibility index (Phi) is 14.6. The molecule has 0 saturated carbocycles. The van der Waals surface area contributed by atoms with E-state index < -0.39 is 47.9 Å². The van der Waals surface area contributed by atoms with Gasteiger partial charge in [-0.25, -0.2) is 4.79 Å². The van der Waals surface area contributed by atoms with E-state index in [1.807, 2.05) is 12.5 Å². The van der Waals surface area contributed by atoms with Crippen molar-refractivity contribution >= 4 is 59.8 Å².